The molecule has 8 nitrogen and oxygen atoms in total. The van der Waals surface area contributed by atoms with E-state index in [1.807, 2.05) is 61.5 Å². The Hall–Kier alpha value is -2.75. The predicted octanol–water partition coefficient (Wildman–Crippen LogP) is 4.15. The standard InChI is InChI=1S/C22H27N5O3S.ClH/c1-27(2)13-12-23-22(28)24-18-10-8-17(9-11-18)21-26-25-20(30-21)16-31-15-14-29-19-6-4-3-5-7-19;/h3-11H,12-16H2,1-2H3,(H2,23,24,28);1H. The summed E-state index contributed by atoms with van der Waals surface area (Å²) in [4.78, 5) is 13.9. The van der Waals surface area contributed by atoms with Gasteiger partial charge < -0.3 is 24.7 Å². The van der Waals surface area contributed by atoms with Crippen LogP contribution in [0.5, 0.6) is 5.75 Å². The van der Waals surface area contributed by atoms with Gasteiger partial charge in [-0.2, -0.15) is 0 Å². The van der Waals surface area contributed by atoms with E-state index in [-0.39, 0.29) is 18.4 Å². The van der Waals surface area contributed by atoms with Gasteiger partial charge in [-0.25, -0.2) is 4.79 Å². The number of thioether (sulfide) groups is 1. The third-order valence-electron chi connectivity index (χ3n) is 4.17. The Morgan fingerprint density at radius 1 is 1.09 bits per heavy atom. The molecule has 0 radical (unpaired) electrons. The van der Waals surface area contributed by atoms with Crippen molar-refractivity contribution in [3.05, 3.63) is 60.5 Å². The number of urea groups is 1. The zero-order valence-electron chi connectivity index (χ0n) is 18.1. The van der Waals surface area contributed by atoms with Crippen LogP contribution < -0.4 is 15.4 Å². The van der Waals surface area contributed by atoms with Crippen molar-refractivity contribution in [2.45, 2.75) is 5.75 Å². The highest BCUT2D eigenvalue weighted by molar-refractivity contribution is 7.98. The van der Waals surface area contributed by atoms with Crippen LogP contribution >= 0.6 is 24.2 Å². The second kappa shape index (κ2) is 13.6. The maximum absolute atomic E-state index is 11.9. The van der Waals surface area contributed by atoms with E-state index in [1.54, 1.807) is 23.9 Å². The first-order valence-corrected chi connectivity index (χ1v) is 11.1. The van der Waals surface area contributed by atoms with Gasteiger partial charge >= 0.3 is 6.03 Å². The maximum Gasteiger partial charge on any atom is 0.319 e. The zero-order chi connectivity index (χ0) is 21.9. The number of amides is 2. The highest BCUT2D eigenvalue weighted by Crippen LogP contribution is 2.22. The number of anilines is 1. The molecule has 0 unspecified atom stereocenters. The van der Waals surface area contributed by atoms with Crippen molar-refractivity contribution in [1.82, 2.24) is 20.4 Å². The number of hydrogen-bond acceptors (Lipinski definition) is 7. The van der Waals surface area contributed by atoms with E-state index < -0.39 is 0 Å². The van der Waals surface area contributed by atoms with Crippen LogP contribution in [0.3, 0.4) is 0 Å². The number of ether oxygens (including phenoxy) is 1. The summed E-state index contributed by atoms with van der Waals surface area (Å²) in [6, 6.07) is 16.8. The van der Waals surface area contributed by atoms with Crippen molar-refractivity contribution in [1.29, 1.82) is 0 Å². The monoisotopic (exact) mass is 477 g/mol. The van der Waals surface area contributed by atoms with Crippen LogP contribution in [0.15, 0.2) is 59.0 Å². The molecular weight excluding hydrogens is 450 g/mol. The molecule has 3 aromatic rings. The third-order valence-corrected chi connectivity index (χ3v) is 5.07. The van der Waals surface area contributed by atoms with E-state index in [2.05, 4.69) is 20.8 Å². The zero-order valence-corrected chi connectivity index (χ0v) is 19.7. The van der Waals surface area contributed by atoms with Crippen LogP contribution in [0.25, 0.3) is 11.5 Å². The van der Waals surface area contributed by atoms with Crippen LogP contribution in [0.2, 0.25) is 0 Å². The Morgan fingerprint density at radius 2 is 1.84 bits per heavy atom. The van der Waals surface area contributed by atoms with Crippen LogP contribution in [-0.2, 0) is 5.75 Å². The number of nitrogens with one attached hydrogen (secondary N) is 2. The average molecular weight is 478 g/mol. The second-order valence-corrected chi connectivity index (χ2v) is 8.08. The number of halogens is 1. The molecule has 0 aliphatic rings. The number of nitrogens with zero attached hydrogens (tertiary/aromatic N) is 3. The number of aromatic nitrogens is 2. The highest BCUT2D eigenvalue weighted by Gasteiger charge is 2.09. The van der Waals surface area contributed by atoms with Gasteiger partial charge in [0.15, 0.2) is 0 Å². The summed E-state index contributed by atoms with van der Waals surface area (Å²) in [5.74, 6) is 3.34. The molecule has 10 heteroatoms. The Morgan fingerprint density at radius 3 is 2.56 bits per heavy atom. The number of benzene rings is 2. The van der Waals surface area contributed by atoms with Crippen molar-refractivity contribution in [2.75, 3.05) is 44.9 Å². The molecule has 3 rings (SSSR count). The smallest absolute Gasteiger partial charge is 0.319 e. The minimum Gasteiger partial charge on any atom is -0.493 e. The lowest BCUT2D eigenvalue weighted by atomic mass is 10.2. The molecule has 0 saturated carbocycles. The first kappa shape index (κ1) is 25.5. The van der Waals surface area contributed by atoms with E-state index in [4.69, 9.17) is 9.15 Å². The Kier molecular flexibility index (Phi) is 10.9. The lowest BCUT2D eigenvalue weighted by Crippen LogP contribution is -2.34. The van der Waals surface area contributed by atoms with Crippen molar-refractivity contribution in [2.24, 2.45) is 0 Å². The van der Waals surface area contributed by atoms with Gasteiger partial charge in [-0.15, -0.1) is 34.4 Å². The fourth-order valence-corrected chi connectivity index (χ4v) is 3.22. The van der Waals surface area contributed by atoms with Gasteiger partial charge in [0.25, 0.3) is 0 Å². The second-order valence-electron chi connectivity index (χ2n) is 6.98. The van der Waals surface area contributed by atoms with Gasteiger partial charge in [0.1, 0.15) is 5.75 Å². The Bertz CT molecular complexity index is 938. The molecule has 2 amide bonds. The van der Waals surface area contributed by atoms with E-state index in [0.717, 1.165) is 23.6 Å². The number of para-hydroxylation sites is 1. The van der Waals surface area contributed by atoms with Crippen LogP contribution in [0.1, 0.15) is 5.89 Å². The fraction of sp³-hybridized carbons (Fsp3) is 0.318. The maximum atomic E-state index is 11.9. The highest BCUT2D eigenvalue weighted by atomic mass is 35.5. The molecule has 32 heavy (non-hydrogen) atoms. The minimum absolute atomic E-state index is 0. The largest absolute Gasteiger partial charge is 0.493 e. The summed E-state index contributed by atoms with van der Waals surface area (Å²) >= 11 is 1.67. The molecule has 0 aliphatic carbocycles. The van der Waals surface area contributed by atoms with Gasteiger partial charge in [0.2, 0.25) is 11.8 Å². The first-order chi connectivity index (χ1) is 15.1. The predicted molar refractivity (Wildman–Crippen MR) is 131 cm³/mol. The van der Waals surface area contributed by atoms with Crippen LogP contribution in [-0.4, -0.2) is 60.7 Å². The van der Waals surface area contributed by atoms with Gasteiger partial charge in [0.05, 0.1) is 12.4 Å². The van der Waals surface area contributed by atoms with Crippen molar-refractivity contribution in [3.8, 4) is 17.2 Å². The fourth-order valence-electron chi connectivity index (χ4n) is 2.59. The van der Waals surface area contributed by atoms with Crippen LogP contribution in [0, 0.1) is 0 Å². The Balaban J connectivity index is 0.00000363. The lowest BCUT2D eigenvalue weighted by Gasteiger charge is -2.11. The SMILES string of the molecule is CN(C)CCNC(=O)Nc1ccc(-c2nnc(CSCCOc3ccccc3)o2)cc1.Cl. The molecule has 172 valence electrons. The van der Waals surface area contributed by atoms with Crippen LogP contribution in [0.4, 0.5) is 10.5 Å². The molecule has 0 aliphatic heterocycles. The van der Waals surface area contributed by atoms with E-state index >= 15 is 0 Å². The molecule has 1 heterocycles. The Labute approximate surface area is 198 Å². The first-order valence-electron chi connectivity index (χ1n) is 9.98. The average Bonchev–Trinajstić information content (AvgIpc) is 3.23. The molecular formula is C22H28ClN5O3S. The number of hydrogen-bond donors (Lipinski definition) is 2. The van der Waals surface area contributed by atoms with Crippen molar-refractivity contribution >= 4 is 35.9 Å². The van der Waals surface area contributed by atoms with Crippen molar-refractivity contribution < 1.29 is 13.9 Å². The molecule has 2 N–H and O–H groups in total. The summed E-state index contributed by atoms with van der Waals surface area (Å²) in [7, 11) is 3.92. The normalized spacial score (nSPS) is 10.5. The van der Waals surface area contributed by atoms with Gasteiger partial charge in [-0.3, -0.25) is 0 Å². The summed E-state index contributed by atoms with van der Waals surface area (Å²) in [6.07, 6.45) is 0. The molecule has 0 bridgehead atoms. The minimum atomic E-state index is -0.233. The van der Waals surface area contributed by atoms with Gasteiger partial charge in [0, 0.05) is 30.1 Å². The number of carbonyl (C=O) groups is 1. The summed E-state index contributed by atoms with van der Waals surface area (Å²) in [6.45, 7) is 1.98. The molecule has 0 spiro atoms. The number of likely N-dealkylation sites (N-methyl/N-ethyl adjacent to an activating group) is 1. The van der Waals surface area contributed by atoms with E-state index in [1.165, 1.54) is 0 Å². The summed E-state index contributed by atoms with van der Waals surface area (Å²) in [5.41, 5.74) is 1.49. The third kappa shape index (κ3) is 8.78. The quantitative estimate of drug-likeness (QED) is 0.400. The topological polar surface area (TPSA) is 92.5 Å². The molecule has 2 aromatic carbocycles. The summed E-state index contributed by atoms with van der Waals surface area (Å²) < 4.78 is 11.4. The number of carbonyl (C=O) groups excluding carboxylic acids is 1. The summed E-state index contributed by atoms with van der Waals surface area (Å²) in [5, 5.41) is 13.8. The van der Waals surface area contributed by atoms with Gasteiger partial charge in [-0.1, -0.05) is 18.2 Å². The van der Waals surface area contributed by atoms with Crippen molar-refractivity contribution in [3.63, 3.8) is 0 Å². The molecule has 0 atom stereocenters. The molecule has 0 saturated heterocycles. The lowest BCUT2D eigenvalue weighted by molar-refractivity contribution is 0.250. The van der Waals surface area contributed by atoms with E-state index in [9.17, 15) is 4.79 Å². The van der Waals surface area contributed by atoms with E-state index in [0.29, 0.717) is 36.4 Å². The van der Waals surface area contributed by atoms with Gasteiger partial charge in [-0.05, 0) is 50.5 Å². The molecule has 0 fully saturated rings. The molecule has 1 aromatic heterocycles. The number of rotatable bonds is 11.